The Labute approximate surface area is 125 Å². The fourth-order valence-electron chi connectivity index (χ4n) is 1.60. The van der Waals surface area contributed by atoms with Crippen molar-refractivity contribution in [1.82, 2.24) is 4.98 Å². The number of aromatic carboxylic acids is 1. The smallest absolute Gasteiger partial charge is 0.360 e. The molecule has 0 aliphatic carbocycles. The SMILES string of the molecule is CCOC(=O)c1coc(Sc2ccc(C)c(C(=O)O)c2)n1. The zero-order valence-corrected chi connectivity index (χ0v) is 12.3. The van der Waals surface area contributed by atoms with Crippen molar-refractivity contribution in [1.29, 1.82) is 0 Å². The van der Waals surface area contributed by atoms with Gasteiger partial charge in [-0.3, -0.25) is 0 Å². The first-order valence-electron chi connectivity index (χ1n) is 6.15. The summed E-state index contributed by atoms with van der Waals surface area (Å²) < 4.78 is 9.98. The van der Waals surface area contributed by atoms with Crippen LogP contribution in [0.4, 0.5) is 0 Å². The van der Waals surface area contributed by atoms with Crippen LogP contribution in [0.5, 0.6) is 0 Å². The van der Waals surface area contributed by atoms with Crippen molar-refractivity contribution in [2.75, 3.05) is 6.61 Å². The van der Waals surface area contributed by atoms with Crippen LogP contribution in [0.2, 0.25) is 0 Å². The Morgan fingerprint density at radius 3 is 2.86 bits per heavy atom. The molecule has 6 nitrogen and oxygen atoms in total. The van der Waals surface area contributed by atoms with Gasteiger partial charge in [0, 0.05) is 4.90 Å². The van der Waals surface area contributed by atoms with Crippen molar-refractivity contribution < 1.29 is 23.8 Å². The number of carboxylic acids is 1. The van der Waals surface area contributed by atoms with Crippen LogP contribution in [0.1, 0.15) is 33.3 Å². The first-order chi connectivity index (χ1) is 10.0. The van der Waals surface area contributed by atoms with Crippen LogP contribution in [0.25, 0.3) is 0 Å². The largest absolute Gasteiger partial charge is 0.478 e. The highest BCUT2D eigenvalue weighted by atomic mass is 32.2. The van der Waals surface area contributed by atoms with E-state index in [1.165, 1.54) is 12.3 Å². The Bertz CT molecular complexity index is 680. The molecule has 0 bridgehead atoms. The molecule has 1 aromatic carbocycles. The number of hydrogen-bond donors (Lipinski definition) is 1. The molecule has 0 aliphatic heterocycles. The predicted molar refractivity (Wildman–Crippen MR) is 74.7 cm³/mol. The summed E-state index contributed by atoms with van der Waals surface area (Å²) in [6.45, 7) is 3.68. The number of benzene rings is 1. The van der Waals surface area contributed by atoms with Crippen molar-refractivity contribution in [3.8, 4) is 0 Å². The molecule has 0 unspecified atom stereocenters. The molecule has 0 atom stereocenters. The van der Waals surface area contributed by atoms with Gasteiger partial charge in [0.1, 0.15) is 6.26 Å². The normalized spacial score (nSPS) is 10.4. The molecule has 0 saturated carbocycles. The molecule has 2 rings (SSSR count). The zero-order valence-electron chi connectivity index (χ0n) is 11.5. The van der Waals surface area contributed by atoms with Gasteiger partial charge in [0.05, 0.1) is 12.2 Å². The van der Waals surface area contributed by atoms with E-state index < -0.39 is 11.9 Å². The Hall–Kier alpha value is -2.28. The van der Waals surface area contributed by atoms with Crippen molar-refractivity contribution in [2.24, 2.45) is 0 Å². The number of oxazole rings is 1. The van der Waals surface area contributed by atoms with E-state index in [1.54, 1.807) is 26.0 Å². The molecule has 110 valence electrons. The lowest BCUT2D eigenvalue weighted by Crippen LogP contribution is -2.04. The highest BCUT2D eigenvalue weighted by molar-refractivity contribution is 7.99. The van der Waals surface area contributed by atoms with Crippen molar-refractivity contribution in [3.63, 3.8) is 0 Å². The highest BCUT2D eigenvalue weighted by Gasteiger charge is 2.15. The molecule has 7 heteroatoms. The van der Waals surface area contributed by atoms with Gasteiger partial charge >= 0.3 is 11.9 Å². The number of rotatable bonds is 5. The first kappa shape index (κ1) is 15.1. The number of esters is 1. The van der Waals surface area contributed by atoms with Crippen LogP contribution in [0, 0.1) is 6.92 Å². The molecule has 1 heterocycles. The third-order valence-electron chi connectivity index (χ3n) is 2.61. The van der Waals surface area contributed by atoms with Gasteiger partial charge in [0.15, 0.2) is 5.69 Å². The average Bonchev–Trinajstić information content (AvgIpc) is 2.89. The second-order valence-electron chi connectivity index (χ2n) is 4.10. The van der Waals surface area contributed by atoms with E-state index in [9.17, 15) is 9.59 Å². The van der Waals surface area contributed by atoms with Crippen molar-refractivity contribution >= 4 is 23.7 Å². The van der Waals surface area contributed by atoms with Gasteiger partial charge in [0.25, 0.3) is 5.22 Å². The molecule has 0 aliphatic rings. The second-order valence-corrected chi connectivity index (χ2v) is 5.13. The van der Waals surface area contributed by atoms with E-state index in [0.717, 1.165) is 11.8 Å². The fourth-order valence-corrected chi connectivity index (χ4v) is 2.35. The monoisotopic (exact) mass is 307 g/mol. The van der Waals surface area contributed by atoms with Gasteiger partial charge in [-0.25, -0.2) is 9.59 Å². The molecule has 0 fully saturated rings. The molecule has 0 amide bonds. The number of ether oxygens (including phenoxy) is 1. The first-order valence-corrected chi connectivity index (χ1v) is 6.97. The maximum atomic E-state index is 11.5. The van der Waals surface area contributed by atoms with E-state index in [1.807, 2.05) is 0 Å². The standard InChI is InChI=1S/C14H13NO5S/c1-3-19-13(18)11-7-20-14(15-11)21-9-5-4-8(2)10(6-9)12(16)17/h4-7H,3H2,1-2H3,(H,16,17). The molecule has 2 aromatic rings. The van der Waals surface area contributed by atoms with Crippen LogP contribution in [-0.2, 0) is 4.74 Å². The third-order valence-corrected chi connectivity index (χ3v) is 3.46. The molecular weight excluding hydrogens is 294 g/mol. The van der Waals surface area contributed by atoms with E-state index in [0.29, 0.717) is 10.5 Å². The summed E-state index contributed by atoms with van der Waals surface area (Å²) in [7, 11) is 0. The molecular formula is C14H13NO5S. The number of carboxylic acid groups (broad SMARTS) is 1. The molecule has 0 saturated heterocycles. The van der Waals surface area contributed by atoms with Gasteiger partial charge in [-0.1, -0.05) is 6.07 Å². The van der Waals surface area contributed by atoms with Gasteiger partial charge < -0.3 is 14.3 Å². The Balaban J connectivity index is 2.17. The lowest BCUT2D eigenvalue weighted by atomic mass is 10.1. The quantitative estimate of drug-likeness (QED) is 0.849. The summed E-state index contributed by atoms with van der Waals surface area (Å²) in [5.74, 6) is -1.54. The van der Waals surface area contributed by atoms with E-state index >= 15 is 0 Å². The Morgan fingerprint density at radius 2 is 2.19 bits per heavy atom. The topological polar surface area (TPSA) is 89.6 Å². The lowest BCUT2D eigenvalue weighted by molar-refractivity contribution is 0.0518. The summed E-state index contributed by atoms with van der Waals surface area (Å²) in [4.78, 5) is 27.2. The highest BCUT2D eigenvalue weighted by Crippen LogP contribution is 2.28. The molecule has 1 N–H and O–H groups in total. The summed E-state index contributed by atoms with van der Waals surface area (Å²) in [5.41, 5.74) is 0.980. The van der Waals surface area contributed by atoms with E-state index in [4.69, 9.17) is 14.3 Å². The zero-order chi connectivity index (χ0) is 15.4. The maximum Gasteiger partial charge on any atom is 0.360 e. The van der Waals surface area contributed by atoms with Crippen molar-refractivity contribution in [2.45, 2.75) is 24.0 Å². The number of carbonyl (C=O) groups excluding carboxylic acids is 1. The third kappa shape index (κ3) is 3.63. The van der Waals surface area contributed by atoms with Crippen LogP contribution < -0.4 is 0 Å². The minimum absolute atomic E-state index is 0.0879. The van der Waals surface area contributed by atoms with Gasteiger partial charge in [-0.05, 0) is 43.3 Å². The van der Waals surface area contributed by atoms with Crippen LogP contribution >= 0.6 is 11.8 Å². The van der Waals surface area contributed by atoms with Crippen LogP contribution in [0.15, 0.2) is 39.0 Å². The molecule has 1 aromatic heterocycles. The number of carbonyl (C=O) groups is 2. The van der Waals surface area contributed by atoms with Gasteiger partial charge in [-0.15, -0.1) is 0 Å². The maximum absolute atomic E-state index is 11.5. The number of aryl methyl sites for hydroxylation is 1. The average molecular weight is 307 g/mol. The summed E-state index contributed by atoms with van der Waals surface area (Å²) in [5, 5.41) is 9.33. The molecule has 0 radical (unpaired) electrons. The van der Waals surface area contributed by atoms with Gasteiger partial charge in [-0.2, -0.15) is 4.98 Å². The second kappa shape index (κ2) is 6.45. The number of nitrogens with zero attached hydrogens (tertiary/aromatic N) is 1. The summed E-state index contributed by atoms with van der Waals surface area (Å²) in [6.07, 6.45) is 1.21. The fraction of sp³-hybridized carbons (Fsp3) is 0.214. The number of aromatic nitrogens is 1. The summed E-state index contributed by atoms with van der Waals surface area (Å²) >= 11 is 1.14. The summed E-state index contributed by atoms with van der Waals surface area (Å²) in [6, 6.07) is 5.01. The Morgan fingerprint density at radius 1 is 1.43 bits per heavy atom. The van der Waals surface area contributed by atoms with Crippen molar-refractivity contribution in [3.05, 3.63) is 41.3 Å². The predicted octanol–water partition coefficient (Wildman–Crippen LogP) is 3.01. The van der Waals surface area contributed by atoms with E-state index in [2.05, 4.69) is 4.98 Å². The minimum atomic E-state index is -0.991. The lowest BCUT2D eigenvalue weighted by Gasteiger charge is -2.03. The number of hydrogen-bond acceptors (Lipinski definition) is 6. The van der Waals surface area contributed by atoms with Crippen LogP contribution in [-0.4, -0.2) is 28.6 Å². The molecule has 0 spiro atoms. The van der Waals surface area contributed by atoms with E-state index in [-0.39, 0.29) is 23.1 Å². The molecule has 21 heavy (non-hydrogen) atoms. The Kier molecular flexibility index (Phi) is 4.64. The van der Waals surface area contributed by atoms with Gasteiger partial charge in [0.2, 0.25) is 0 Å². The minimum Gasteiger partial charge on any atom is -0.478 e. The van der Waals surface area contributed by atoms with Crippen LogP contribution in [0.3, 0.4) is 0 Å².